The van der Waals surface area contributed by atoms with Gasteiger partial charge in [0.25, 0.3) is 0 Å². The lowest BCUT2D eigenvalue weighted by Gasteiger charge is -2.10. The summed E-state index contributed by atoms with van der Waals surface area (Å²) in [6.45, 7) is 3.91. The topological polar surface area (TPSA) is 35.2 Å². The molecular formula is C17H16FNO. The zero-order chi connectivity index (χ0) is 14.5. The van der Waals surface area contributed by atoms with Gasteiger partial charge in [-0.2, -0.15) is 0 Å². The Kier molecular flexibility index (Phi) is 4.27. The van der Waals surface area contributed by atoms with E-state index in [1.165, 1.54) is 12.1 Å². The molecule has 20 heavy (non-hydrogen) atoms. The van der Waals surface area contributed by atoms with E-state index in [1.54, 1.807) is 18.2 Å². The summed E-state index contributed by atoms with van der Waals surface area (Å²) in [6.07, 6.45) is 0.102. The van der Waals surface area contributed by atoms with E-state index in [9.17, 15) is 4.39 Å². The number of hydrogen-bond donors (Lipinski definition) is 1. The van der Waals surface area contributed by atoms with Gasteiger partial charge in [-0.1, -0.05) is 11.8 Å². The van der Waals surface area contributed by atoms with Crippen LogP contribution < -0.4 is 10.5 Å². The number of benzene rings is 2. The SMILES string of the molecule is CC(C)Oc1ccc(C#Cc2ccc(F)cc2)c(N)c1. The molecule has 0 aliphatic heterocycles. The highest BCUT2D eigenvalue weighted by molar-refractivity contribution is 5.60. The highest BCUT2D eigenvalue weighted by Crippen LogP contribution is 2.20. The van der Waals surface area contributed by atoms with Crippen molar-refractivity contribution >= 4 is 5.69 Å². The Labute approximate surface area is 118 Å². The summed E-state index contributed by atoms with van der Waals surface area (Å²) in [5.74, 6) is 6.38. The number of nitrogen functional groups attached to an aromatic ring is 1. The van der Waals surface area contributed by atoms with Crippen LogP contribution in [0.5, 0.6) is 5.75 Å². The van der Waals surface area contributed by atoms with Crippen molar-refractivity contribution in [1.82, 2.24) is 0 Å². The molecule has 0 bridgehead atoms. The summed E-state index contributed by atoms with van der Waals surface area (Å²) < 4.78 is 18.3. The second kappa shape index (κ2) is 6.12. The minimum Gasteiger partial charge on any atom is -0.491 e. The van der Waals surface area contributed by atoms with Crippen molar-refractivity contribution in [2.24, 2.45) is 0 Å². The maximum Gasteiger partial charge on any atom is 0.123 e. The normalized spacial score (nSPS) is 10.0. The van der Waals surface area contributed by atoms with Crippen LogP contribution in [0.15, 0.2) is 42.5 Å². The second-order valence-corrected chi connectivity index (χ2v) is 4.67. The number of anilines is 1. The molecule has 0 fully saturated rings. The number of ether oxygens (including phenoxy) is 1. The van der Waals surface area contributed by atoms with Crippen molar-refractivity contribution < 1.29 is 9.13 Å². The third-order valence-corrected chi connectivity index (χ3v) is 2.58. The van der Waals surface area contributed by atoms with Gasteiger partial charge in [0.2, 0.25) is 0 Å². The lowest BCUT2D eigenvalue weighted by molar-refractivity contribution is 0.242. The van der Waals surface area contributed by atoms with Crippen molar-refractivity contribution in [3.63, 3.8) is 0 Å². The van der Waals surface area contributed by atoms with Gasteiger partial charge in [-0.05, 0) is 50.2 Å². The molecule has 0 amide bonds. The largest absolute Gasteiger partial charge is 0.491 e. The van der Waals surface area contributed by atoms with Gasteiger partial charge < -0.3 is 10.5 Å². The minimum absolute atomic E-state index is 0.102. The fourth-order valence-electron chi connectivity index (χ4n) is 1.67. The van der Waals surface area contributed by atoms with Crippen LogP contribution in [0.25, 0.3) is 0 Å². The molecule has 2 N–H and O–H groups in total. The quantitative estimate of drug-likeness (QED) is 0.668. The zero-order valence-electron chi connectivity index (χ0n) is 11.5. The Morgan fingerprint density at radius 1 is 1.05 bits per heavy atom. The van der Waals surface area contributed by atoms with E-state index in [2.05, 4.69) is 11.8 Å². The minimum atomic E-state index is -0.273. The van der Waals surface area contributed by atoms with Gasteiger partial charge in [0, 0.05) is 17.2 Å². The Bertz CT molecular complexity index is 651. The molecule has 0 heterocycles. The molecule has 0 radical (unpaired) electrons. The third kappa shape index (κ3) is 3.76. The third-order valence-electron chi connectivity index (χ3n) is 2.58. The molecule has 0 aliphatic rings. The molecule has 2 aromatic rings. The van der Waals surface area contributed by atoms with Gasteiger partial charge in [0.1, 0.15) is 11.6 Å². The smallest absolute Gasteiger partial charge is 0.123 e. The van der Waals surface area contributed by atoms with Crippen molar-refractivity contribution in [3.8, 4) is 17.6 Å². The molecule has 0 aliphatic carbocycles. The predicted molar refractivity (Wildman–Crippen MR) is 79.0 cm³/mol. The van der Waals surface area contributed by atoms with E-state index in [0.717, 1.165) is 16.9 Å². The van der Waals surface area contributed by atoms with Crippen LogP contribution in [-0.4, -0.2) is 6.10 Å². The van der Waals surface area contributed by atoms with Gasteiger partial charge >= 0.3 is 0 Å². The summed E-state index contributed by atoms with van der Waals surface area (Å²) in [4.78, 5) is 0. The first-order valence-corrected chi connectivity index (χ1v) is 6.38. The Balaban J connectivity index is 2.20. The molecular weight excluding hydrogens is 253 g/mol. The van der Waals surface area contributed by atoms with Gasteiger partial charge in [-0.3, -0.25) is 0 Å². The molecule has 0 unspecified atom stereocenters. The monoisotopic (exact) mass is 269 g/mol. The van der Waals surface area contributed by atoms with Crippen LogP contribution in [0.1, 0.15) is 25.0 Å². The lowest BCUT2D eigenvalue weighted by atomic mass is 10.1. The summed E-state index contributed by atoms with van der Waals surface area (Å²) >= 11 is 0. The molecule has 3 heteroatoms. The van der Waals surface area contributed by atoms with Gasteiger partial charge in [0.15, 0.2) is 0 Å². The Morgan fingerprint density at radius 2 is 1.75 bits per heavy atom. The number of hydrogen-bond acceptors (Lipinski definition) is 2. The van der Waals surface area contributed by atoms with Crippen LogP contribution in [0.2, 0.25) is 0 Å². The van der Waals surface area contributed by atoms with E-state index >= 15 is 0 Å². The van der Waals surface area contributed by atoms with Gasteiger partial charge in [0.05, 0.1) is 11.8 Å². The molecule has 102 valence electrons. The molecule has 0 spiro atoms. The van der Waals surface area contributed by atoms with Crippen LogP contribution >= 0.6 is 0 Å². The first kappa shape index (κ1) is 14.0. The molecule has 2 nitrogen and oxygen atoms in total. The van der Waals surface area contributed by atoms with Crippen LogP contribution in [-0.2, 0) is 0 Å². The number of halogens is 1. The molecule has 0 saturated carbocycles. The summed E-state index contributed by atoms with van der Waals surface area (Å²) in [5, 5.41) is 0. The average molecular weight is 269 g/mol. The van der Waals surface area contributed by atoms with Crippen LogP contribution in [0.3, 0.4) is 0 Å². The van der Waals surface area contributed by atoms with Crippen molar-refractivity contribution in [3.05, 3.63) is 59.4 Å². The standard InChI is InChI=1S/C17H16FNO/c1-12(2)20-16-10-7-14(17(19)11-16)6-3-13-4-8-15(18)9-5-13/h4-5,7-12H,19H2,1-2H3. The van der Waals surface area contributed by atoms with Gasteiger partial charge in [-0.25, -0.2) is 4.39 Å². The predicted octanol–water partition coefficient (Wildman–Crippen LogP) is 3.59. The maximum absolute atomic E-state index is 12.8. The summed E-state index contributed by atoms with van der Waals surface area (Å²) in [6, 6.07) is 11.5. The van der Waals surface area contributed by atoms with E-state index in [4.69, 9.17) is 10.5 Å². The maximum atomic E-state index is 12.8. The zero-order valence-corrected chi connectivity index (χ0v) is 11.5. The molecule has 0 saturated heterocycles. The van der Waals surface area contributed by atoms with Crippen LogP contribution in [0, 0.1) is 17.7 Å². The Hall–Kier alpha value is -2.47. The summed E-state index contributed by atoms with van der Waals surface area (Å²) in [5.41, 5.74) is 7.98. The second-order valence-electron chi connectivity index (χ2n) is 4.67. The molecule has 0 aromatic heterocycles. The fourth-order valence-corrected chi connectivity index (χ4v) is 1.67. The van der Waals surface area contributed by atoms with E-state index < -0.39 is 0 Å². The van der Waals surface area contributed by atoms with Crippen molar-refractivity contribution in [2.75, 3.05) is 5.73 Å². The molecule has 2 rings (SSSR count). The van der Waals surface area contributed by atoms with Crippen molar-refractivity contribution in [2.45, 2.75) is 20.0 Å². The highest BCUT2D eigenvalue weighted by Gasteiger charge is 2.01. The highest BCUT2D eigenvalue weighted by atomic mass is 19.1. The number of nitrogens with two attached hydrogens (primary N) is 1. The summed E-state index contributed by atoms with van der Waals surface area (Å²) in [7, 11) is 0. The van der Waals surface area contributed by atoms with Crippen molar-refractivity contribution in [1.29, 1.82) is 0 Å². The average Bonchev–Trinajstić information content (AvgIpc) is 2.39. The first-order valence-electron chi connectivity index (χ1n) is 6.38. The first-order chi connectivity index (χ1) is 9.54. The lowest BCUT2D eigenvalue weighted by Crippen LogP contribution is -2.06. The van der Waals surface area contributed by atoms with E-state index in [1.807, 2.05) is 26.0 Å². The van der Waals surface area contributed by atoms with Crippen LogP contribution in [0.4, 0.5) is 10.1 Å². The Morgan fingerprint density at radius 3 is 2.35 bits per heavy atom. The molecule has 2 aromatic carbocycles. The van der Waals surface area contributed by atoms with Gasteiger partial charge in [-0.15, -0.1) is 0 Å². The molecule has 0 atom stereocenters. The fraction of sp³-hybridized carbons (Fsp3) is 0.176. The number of rotatable bonds is 2. The van der Waals surface area contributed by atoms with E-state index in [0.29, 0.717) is 5.69 Å². The van der Waals surface area contributed by atoms with E-state index in [-0.39, 0.29) is 11.9 Å².